The van der Waals surface area contributed by atoms with Crippen LogP contribution in [0.5, 0.6) is 0 Å². The third-order valence-electron chi connectivity index (χ3n) is 2.47. The van der Waals surface area contributed by atoms with Crippen molar-refractivity contribution in [1.29, 1.82) is 0 Å². The molecule has 0 amide bonds. The van der Waals surface area contributed by atoms with Crippen molar-refractivity contribution in [2.45, 2.75) is 11.6 Å². The van der Waals surface area contributed by atoms with Crippen LogP contribution >= 0.6 is 12.2 Å². The molecule has 2 rings (SSSR count). The summed E-state index contributed by atoms with van der Waals surface area (Å²) in [7, 11) is -3.56. The first kappa shape index (κ1) is 13.7. The number of hydrogen-bond donors (Lipinski definition) is 3. The van der Waals surface area contributed by atoms with Crippen LogP contribution in [0.25, 0.3) is 0 Å². The highest BCUT2D eigenvalue weighted by Gasteiger charge is 2.14. The third-order valence-corrected chi connectivity index (χ3v) is 4.03. The second-order valence-corrected chi connectivity index (χ2v) is 5.98. The number of benzene rings is 1. The number of aromatic nitrogens is 2. The van der Waals surface area contributed by atoms with Crippen molar-refractivity contribution in [3.05, 3.63) is 47.9 Å². The minimum Gasteiger partial charge on any atom is -0.389 e. The first-order valence-electron chi connectivity index (χ1n) is 5.36. The zero-order chi connectivity index (χ0) is 13.9. The van der Waals surface area contributed by atoms with Gasteiger partial charge in [-0.05, 0) is 5.56 Å². The average Bonchev–Trinajstić information content (AvgIpc) is 2.91. The molecule has 0 atom stereocenters. The largest absolute Gasteiger partial charge is 0.389 e. The maximum Gasteiger partial charge on any atom is 0.257 e. The Bertz CT molecular complexity index is 663. The van der Waals surface area contributed by atoms with Crippen LogP contribution in [-0.2, 0) is 16.6 Å². The van der Waals surface area contributed by atoms with Crippen molar-refractivity contribution in [2.24, 2.45) is 5.73 Å². The molecule has 0 aliphatic carbocycles. The van der Waals surface area contributed by atoms with E-state index in [0.717, 1.165) is 11.1 Å². The average molecular weight is 296 g/mol. The molecule has 0 unspecified atom stereocenters. The fourth-order valence-corrected chi connectivity index (χ4v) is 2.49. The number of sulfonamides is 1. The molecule has 1 heterocycles. The van der Waals surface area contributed by atoms with Crippen molar-refractivity contribution in [3.8, 4) is 0 Å². The number of rotatable bonds is 5. The van der Waals surface area contributed by atoms with E-state index in [4.69, 9.17) is 18.0 Å². The number of thiocarbonyl (C=S) groups is 1. The lowest BCUT2D eigenvalue weighted by atomic mass is 10.1. The van der Waals surface area contributed by atoms with Crippen LogP contribution in [0.4, 0.5) is 0 Å². The number of imidazole rings is 1. The van der Waals surface area contributed by atoms with E-state index in [1.165, 1.54) is 12.5 Å². The SMILES string of the molecule is NC(=S)c1ccc(CNS(=O)(=O)c2cnc[nH]2)cc1. The smallest absolute Gasteiger partial charge is 0.257 e. The Kier molecular flexibility index (Phi) is 3.93. The van der Waals surface area contributed by atoms with Crippen molar-refractivity contribution in [2.75, 3.05) is 0 Å². The van der Waals surface area contributed by atoms with Gasteiger partial charge in [-0.25, -0.2) is 18.1 Å². The molecule has 0 spiro atoms. The monoisotopic (exact) mass is 296 g/mol. The van der Waals surface area contributed by atoms with E-state index in [-0.39, 0.29) is 11.6 Å². The van der Waals surface area contributed by atoms with Gasteiger partial charge in [-0.1, -0.05) is 36.5 Å². The summed E-state index contributed by atoms with van der Waals surface area (Å²) in [6.07, 6.45) is 2.56. The molecule has 0 aliphatic heterocycles. The fourth-order valence-electron chi connectivity index (χ4n) is 1.43. The molecule has 0 aliphatic rings. The summed E-state index contributed by atoms with van der Waals surface area (Å²) in [6, 6.07) is 7.04. The molecule has 100 valence electrons. The molecule has 0 radical (unpaired) electrons. The van der Waals surface area contributed by atoms with E-state index in [9.17, 15) is 8.42 Å². The van der Waals surface area contributed by atoms with Gasteiger partial charge in [0.1, 0.15) is 4.99 Å². The van der Waals surface area contributed by atoms with E-state index in [1.54, 1.807) is 24.3 Å². The molecule has 1 aromatic heterocycles. The van der Waals surface area contributed by atoms with Crippen LogP contribution in [0, 0.1) is 0 Å². The van der Waals surface area contributed by atoms with Gasteiger partial charge >= 0.3 is 0 Å². The minimum absolute atomic E-state index is 0.0345. The van der Waals surface area contributed by atoms with Crippen molar-refractivity contribution >= 4 is 27.2 Å². The molecule has 0 saturated carbocycles. The molecule has 8 heteroatoms. The van der Waals surface area contributed by atoms with Gasteiger partial charge in [0.25, 0.3) is 10.0 Å². The van der Waals surface area contributed by atoms with Crippen molar-refractivity contribution in [3.63, 3.8) is 0 Å². The maximum atomic E-state index is 11.8. The van der Waals surface area contributed by atoms with Crippen LogP contribution < -0.4 is 10.5 Å². The highest BCUT2D eigenvalue weighted by atomic mass is 32.2. The number of nitrogens with two attached hydrogens (primary N) is 1. The van der Waals surface area contributed by atoms with Gasteiger partial charge in [-0.2, -0.15) is 0 Å². The summed E-state index contributed by atoms with van der Waals surface area (Å²) in [5, 5.41) is 0.0345. The standard InChI is InChI=1S/C11H12N4O2S2/c12-11(18)9-3-1-8(2-4-9)5-15-19(16,17)10-6-13-7-14-10/h1-4,6-7,15H,5H2,(H2,12,18)(H,13,14). The fraction of sp³-hybridized carbons (Fsp3) is 0.0909. The topological polar surface area (TPSA) is 101 Å². The molecule has 0 saturated heterocycles. The zero-order valence-electron chi connectivity index (χ0n) is 9.83. The Balaban J connectivity index is 2.05. The Hall–Kier alpha value is -1.77. The lowest BCUT2D eigenvalue weighted by molar-refractivity contribution is 0.578. The molecular weight excluding hydrogens is 284 g/mol. The molecule has 0 fully saturated rings. The van der Waals surface area contributed by atoms with Crippen LogP contribution in [0.3, 0.4) is 0 Å². The molecular formula is C11H12N4O2S2. The molecule has 0 bridgehead atoms. The Labute approximate surface area is 116 Å². The Morgan fingerprint density at radius 1 is 1.37 bits per heavy atom. The van der Waals surface area contributed by atoms with Crippen LogP contribution in [0.1, 0.15) is 11.1 Å². The van der Waals surface area contributed by atoms with Crippen LogP contribution in [0.2, 0.25) is 0 Å². The van der Waals surface area contributed by atoms with E-state index in [0.29, 0.717) is 4.99 Å². The van der Waals surface area contributed by atoms with E-state index >= 15 is 0 Å². The number of H-pyrrole nitrogens is 1. The molecule has 6 nitrogen and oxygen atoms in total. The predicted molar refractivity (Wildman–Crippen MR) is 74.9 cm³/mol. The first-order chi connectivity index (χ1) is 8.99. The van der Waals surface area contributed by atoms with Gasteiger partial charge in [-0.3, -0.25) is 0 Å². The zero-order valence-corrected chi connectivity index (χ0v) is 11.5. The number of aromatic amines is 1. The van der Waals surface area contributed by atoms with Crippen LogP contribution in [-0.4, -0.2) is 23.4 Å². The predicted octanol–water partition coefficient (Wildman–Crippen LogP) is 0.522. The second-order valence-electron chi connectivity index (χ2n) is 3.80. The normalized spacial score (nSPS) is 11.4. The first-order valence-corrected chi connectivity index (χ1v) is 7.25. The summed E-state index contributed by atoms with van der Waals surface area (Å²) in [5.41, 5.74) is 7.03. The van der Waals surface area contributed by atoms with Crippen molar-refractivity contribution < 1.29 is 8.42 Å². The number of nitrogens with one attached hydrogen (secondary N) is 2. The van der Waals surface area contributed by atoms with Gasteiger partial charge in [0.15, 0.2) is 5.03 Å². The Morgan fingerprint density at radius 2 is 2.05 bits per heavy atom. The van der Waals surface area contributed by atoms with E-state index in [1.807, 2.05) is 0 Å². The molecule has 2 aromatic rings. The van der Waals surface area contributed by atoms with Gasteiger partial charge in [0.2, 0.25) is 0 Å². The summed E-state index contributed by atoms with van der Waals surface area (Å²) in [4.78, 5) is 6.52. The van der Waals surface area contributed by atoms with E-state index in [2.05, 4.69) is 14.7 Å². The molecule has 19 heavy (non-hydrogen) atoms. The summed E-state index contributed by atoms with van der Waals surface area (Å²) < 4.78 is 26.1. The van der Waals surface area contributed by atoms with Gasteiger partial charge in [-0.15, -0.1) is 0 Å². The third kappa shape index (κ3) is 3.37. The van der Waals surface area contributed by atoms with Crippen molar-refractivity contribution in [1.82, 2.24) is 14.7 Å². The maximum absolute atomic E-state index is 11.8. The molecule has 4 N–H and O–H groups in total. The van der Waals surface area contributed by atoms with Crippen LogP contribution in [0.15, 0.2) is 41.8 Å². The van der Waals surface area contributed by atoms with E-state index < -0.39 is 10.0 Å². The number of nitrogens with zero attached hydrogens (tertiary/aromatic N) is 1. The quantitative estimate of drug-likeness (QED) is 0.698. The van der Waals surface area contributed by atoms with Gasteiger partial charge in [0, 0.05) is 12.1 Å². The minimum atomic E-state index is -3.56. The van der Waals surface area contributed by atoms with Gasteiger partial charge in [0.05, 0.1) is 12.5 Å². The highest BCUT2D eigenvalue weighted by Crippen LogP contribution is 2.07. The number of hydrogen-bond acceptors (Lipinski definition) is 4. The lowest BCUT2D eigenvalue weighted by Gasteiger charge is -2.05. The summed E-state index contributed by atoms with van der Waals surface area (Å²) >= 11 is 4.84. The molecule has 1 aromatic carbocycles. The highest BCUT2D eigenvalue weighted by molar-refractivity contribution is 7.89. The second kappa shape index (κ2) is 5.47. The summed E-state index contributed by atoms with van der Waals surface area (Å²) in [5.74, 6) is 0. The summed E-state index contributed by atoms with van der Waals surface area (Å²) in [6.45, 7) is 0.180. The lowest BCUT2D eigenvalue weighted by Crippen LogP contribution is -2.23. The van der Waals surface area contributed by atoms with Gasteiger partial charge < -0.3 is 10.7 Å². The Morgan fingerprint density at radius 3 is 2.58 bits per heavy atom.